The van der Waals surface area contributed by atoms with Crippen LogP contribution in [0.25, 0.3) is 0 Å². The van der Waals surface area contributed by atoms with Gasteiger partial charge in [0.05, 0.1) is 10.7 Å². The van der Waals surface area contributed by atoms with Crippen molar-refractivity contribution in [3.63, 3.8) is 0 Å². The summed E-state index contributed by atoms with van der Waals surface area (Å²) < 4.78 is 8.02. The van der Waals surface area contributed by atoms with Crippen molar-refractivity contribution in [3.8, 4) is 5.75 Å². The van der Waals surface area contributed by atoms with E-state index in [-0.39, 0.29) is 18.6 Å². The molecule has 0 unspecified atom stereocenters. The average molecular weight is 338 g/mol. The molecule has 0 bridgehead atoms. The number of aromatic nitrogens is 2. The Kier molecular flexibility index (Phi) is 4.79. The lowest BCUT2D eigenvalue weighted by Gasteiger charge is -2.12. The van der Waals surface area contributed by atoms with E-state index in [9.17, 15) is 4.79 Å². The number of ether oxygens (including phenoxy) is 1. The van der Waals surface area contributed by atoms with E-state index in [2.05, 4.69) is 26.3 Å². The number of para-hydroxylation sites is 1. The summed E-state index contributed by atoms with van der Waals surface area (Å²) in [6, 6.07) is 9.35. The van der Waals surface area contributed by atoms with Crippen LogP contribution in [0.4, 0.5) is 5.82 Å². The van der Waals surface area contributed by atoms with Crippen molar-refractivity contribution in [2.24, 2.45) is 0 Å². The van der Waals surface area contributed by atoms with Crippen molar-refractivity contribution in [2.75, 3.05) is 11.9 Å². The summed E-state index contributed by atoms with van der Waals surface area (Å²) in [5, 5.41) is 6.94. The third kappa shape index (κ3) is 3.60. The molecule has 0 aliphatic rings. The lowest BCUT2D eigenvalue weighted by atomic mass is 10.3. The Hall–Kier alpha value is -1.82. The highest BCUT2D eigenvalue weighted by Gasteiger charge is 2.10. The van der Waals surface area contributed by atoms with E-state index >= 15 is 0 Å². The van der Waals surface area contributed by atoms with Gasteiger partial charge in [-0.15, -0.1) is 0 Å². The number of rotatable bonds is 5. The largest absolute Gasteiger partial charge is 0.483 e. The monoisotopic (exact) mass is 337 g/mol. The Morgan fingerprint density at radius 3 is 2.85 bits per heavy atom. The number of anilines is 1. The van der Waals surface area contributed by atoms with Crippen LogP contribution in [-0.4, -0.2) is 22.3 Å². The van der Waals surface area contributed by atoms with Crippen LogP contribution in [-0.2, 0) is 4.79 Å². The van der Waals surface area contributed by atoms with E-state index in [0.29, 0.717) is 11.6 Å². The van der Waals surface area contributed by atoms with Crippen LogP contribution in [0.3, 0.4) is 0 Å². The molecule has 0 saturated carbocycles. The molecule has 6 heteroatoms. The van der Waals surface area contributed by atoms with E-state index in [4.69, 9.17) is 4.74 Å². The number of halogens is 1. The maximum atomic E-state index is 11.9. The number of carbonyl (C=O) groups is 1. The standard InChI is InChI=1S/C14H16BrN3O2/c1-10(2)18-13(7-8-16-18)17-14(19)9-20-12-6-4-3-5-11(12)15/h3-8,10H,9H2,1-2H3,(H,17,19). The number of hydrogen-bond acceptors (Lipinski definition) is 3. The third-order valence-electron chi connectivity index (χ3n) is 2.62. The van der Waals surface area contributed by atoms with E-state index in [1.54, 1.807) is 23.0 Å². The number of benzene rings is 1. The molecule has 0 aliphatic heterocycles. The number of carbonyl (C=O) groups excluding carboxylic acids is 1. The second-order valence-corrected chi connectivity index (χ2v) is 5.38. The predicted octanol–water partition coefficient (Wildman–Crippen LogP) is 3.24. The first-order valence-corrected chi connectivity index (χ1v) is 7.08. The zero-order chi connectivity index (χ0) is 14.5. The number of nitrogens with one attached hydrogen (secondary N) is 1. The number of amides is 1. The second kappa shape index (κ2) is 6.56. The van der Waals surface area contributed by atoms with Gasteiger partial charge in [-0.05, 0) is 41.9 Å². The van der Waals surface area contributed by atoms with Gasteiger partial charge in [-0.2, -0.15) is 5.10 Å². The van der Waals surface area contributed by atoms with Gasteiger partial charge in [-0.3, -0.25) is 4.79 Å². The summed E-state index contributed by atoms with van der Waals surface area (Å²) in [7, 11) is 0. The molecule has 20 heavy (non-hydrogen) atoms. The fraction of sp³-hybridized carbons (Fsp3) is 0.286. The van der Waals surface area contributed by atoms with Crippen molar-refractivity contribution in [1.82, 2.24) is 9.78 Å². The van der Waals surface area contributed by atoms with Gasteiger partial charge in [0.1, 0.15) is 11.6 Å². The van der Waals surface area contributed by atoms with Crippen LogP contribution in [0.5, 0.6) is 5.75 Å². The van der Waals surface area contributed by atoms with Crippen molar-refractivity contribution < 1.29 is 9.53 Å². The number of nitrogens with zero attached hydrogens (tertiary/aromatic N) is 2. The van der Waals surface area contributed by atoms with E-state index in [1.165, 1.54) is 0 Å². The predicted molar refractivity (Wildman–Crippen MR) is 80.9 cm³/mol. The fourth-order valence-corrected chi connectivity index (χ4v) is 2.11. The van der Waals surface area contributed by atoms with Gasteiger partial charge in [0.15, 0.2) is 6.61 Å². The first-order chi connectivity index (χ1) is 9.58. The Morgan fingerprint density at radius 2 is 2.15 bits per heavy atom. The molecule has 0 aliphatic carbocycles. The highest BCUT2D eigenvalue weighted by atomic mass is 79.9. The SMILES string of the molecule is CC(C)n1nccc1NC(=O)COc1ccccc1Br. The Balaban J connectivity index is 1.93. The molecule has 1 N–H and O–H groups in total. The van der Waals surface area contributed by atoms with Gasteiger partial charge in [0.2, 0.25) is 0 Å². The maximum Gasteiger partial charge on any atom is 0.263 e. The average Bonchev–Trinajstić information content (AvgIpc) is 2.86. The van der Waals surface area contributed by atoms with Gasteiger partial charge in [0, 0.05) is 12.1 Å². The van der Waals surface area contributed by atoms with E-state index < -0.39 is 0 Å². The molecule has 1 aromatic heterocycles. The molecule has 5 nitrogen and oxygen atoms in total. The molecule has 0 spiro atoms. The Labute approximate surface area is 126 Å². The second-order valence-electron chi connectivity index (χ2n) is 4.52. The molecule has 106 valence electrons. The summed E-state index contributed by atoms with van der Waals surface area (Å²) in [5.74, 6) is 1.09. The highest BCUT2D eigenvalue weighted by Crippen LogP contribution is 2.23. The number of hydrogen-bond donors (Lipinski definition) is 1. The van der Waals surface area contributed by atoms with E-state index in [1.807, 2.05) is 32.0 Å². The molecular formula is C14H16BrN3O2. The summed E-state index contributed by atoms with van der Waals surface area (Å²) in [5.41, 5.74) is 0. The van der Waals surface area contributed by atoms with E-state index in [0.717, 1.165) is 4.47 Å². The summed E-state index contributed by atoms with van der Waals surface area (Å²) >= 11 is 3.37. The van der Waals surface area contributed by atoms with Gasteiger partial charge in [-0.25, -0.2) is 4.68 Å². The molecule has 0 saturated heterocycles. The van der Waals surface area contributed by atoms with Crippen molar-refractivity contribution >= 4 is 27.7 Å². The minimum atomic E-state index is -0.219. The van der Waals surface area contributed by atoms with Crippen LogP contribution in [0.1, 0.15) is 19.9 Å². The first kappa shape index (κ1) is 14.6. The van der Waals surface area contributed by atoms with Gasteiger partial charge < -0.3 is 10.1 Å². The van der Waals surface area contributed by atoms with Crippen LogP contribution in [0.2, 0.25) is 0 Å². The Morgan fingerprint density at radius 1 is 1.40 bits per heavy atom. The fourth-order valence-electron chi connectivity index (χ4n) is 1.71. The van der Waals surface area contributed by atoms with Gasteiger partial charge in [-0.1, -0.05) is 12.1 Å². The van der Waals surface area contributed by atoms with Crippen molar-refractivity contribution in [2.45, 2.75) is 19.9 Å². The normalized spacial score (nSPS) is 10.6. The zero-order valence-corrected chi connectivity index (χ0v) is 12.9. The smallest absolute Gasteiger partial charge is 0.263 e. The zero-order valence-electron chi connectivity index (χ0n) is 11.3. The third-order valence-corrected chi connectivity index (χ3v) is 3.28. The summed E-state index contributed by atoms with van der Waals surface area (Å²) in [6.07, 6.45) is 1.66. The minimum Gasteiger partial charge on any atom is -0.483 e. The summed E-state index contributed by atoms with van der Waals surface area (Å²) in [6.45, 7) is 3.95. The molecule has 1 aromatic carbocycles. The molecular weight excluding hydrogens is 322 g/mol. The minimum absolute atomic E-state index is 0.0497. The quantitative estimate of drug-likeness (QED) is 0.911. The molecule has 2 aromatic rings. The molecule has 0 atom stereocenters. The van der Waals surface area contributed by atoms with Crippen LogP contribution in [0.15, 0.2) is 41.0 Å². The highest BCUT2D eigenvalue weighted by molar-refractivity contribution is 9.10. The molecule has 1 amide bonds. The lowest BCUT2D eigenvalue weighted by molar-refractivity contribution is -0.118. The van der Waals surface area contributed by atoms with Crippen LogP contribution < -0.4 is 10.1 Å². The molecule has 0 radical (unpaired) electrons. The van der Waals surface area contributed by atoms with Crippen LogP contribution >= 0.6 is 15.9 Å². The van der Waals surface area contributed by atoms with Gasteiger partial charge >= 0.3 is 0 Å². The van der Waals surface area contributed by atoms with Gasteiger partial charge in [0.25, 0.3) is 5.91 Å². The maximum absolute atomic E-state index is 11.9. The van der Waals surface area contributed by atoms with Crippen molar-refractivity contribution in [1.29, 1.82) is 0 Å². The molecule has 2 rings (SSSR count). The Bertz CT molecular complexity index is 596. The molecule has 1 heterocycles. The topological polar surface area (TPSA) is 56.2 Å². The first-order valence-electron chi connectivity index (χ1n) is 6.28. The summed E-state index contributed by atoms with van der Waals surface area (Å²) in [4.78, 5) is 11.9. The van der Waals surface area contributed by atoms with Crippen molar-refractivity contribution in [3.05, 3.63) is 41.0 Å². The molecule has 0 fully saturated rings. The van der Waals surface area contributed by atoms with Crippen LogP contribution in [0, 0.1) is 0 Å². The lowest BCUT2D eigenvalue weighted by Crippen LogP contribution is -2.22.